The summed E-state index contributed by atoms with van der Waals surface area (Å²) in [6, 6.07) is 0. The molecule has 80 valence electrons. The lowest BCUT2D eigenvalue weighted by atomic mass is 11.0. The SMILES string of the molecule is O=P(O)(O)OP(=O)(O)On1ccnc1. The van der Waals surface area contributed by atoms with E-state index in [2.05, 4.69) is 13.9 Å². The fraction of sp³-hybridized carbons (Fsp3) is 0. The summed E-state index contributed by atoms with van der Waals surface area (Å²) in [6.45, 7) is 0. The van der Waals surface area contributed by atoms with Crippen LogP contribution in [0.25, 0.3) is 0 Å². The van der Waals surface area contributed by atoms with Crippen molar-refractivity contribution in [3.05, 3.63) is 18.7 Å². The van der Waals surface area contributed by atoms with Crippen LogP contribution >= 0.6 is 15.6 Å². The van der Waals surface area contributed by atoms with Crippen LogP contribution in [0.4, 0.5) is 0 Å². The number of nitrogens with zero attached hydrogens (tertiary/aromatic N) is 2. The third kappa shape index (κ3) is 4.01. The van der Waals surface area contributed by atoms with Crippen molar-refractivity contribution < 1.29 is 32.7 Å². The summed E-state index contributed by atoms with van der Waals surface area (Å²) < 4.78 is 29.4. The molecule has 0 aliphatic rings. The molecule has 0 spiro atoms. The zero-order valence-corrected chi connectivity index (χ0v) is 8.28. The minimum absolute atomic E-state index is 0.677. The van der Waals surface area contributed by atoms with Gasteiger partial charge < -0.3 is 14.4 Å². The maximum Gasteiger partial charge on any atom is 0.555 e. The second-order valence-corrected chi connectivity index (χ2v) is 4.78. The molecule has 0 aliphatic heterocycles. The van der Waals surface area contributed by atoms with E-state index in [9.17, 15) is 9.13 Å². The van der Waals surface area contributed by atoms with E-state index >= 15 is 0 Å². The summed E-state index contributed by atoms with van der Waals surface area (Å²) in [4.78, 5) is 28.7. The third-order valence-corrected chi connectivity index (χ3v) is 2.96. The Balaban J connectivity index is 2.68. The number of rotatable bonds is 4. The first-order valence-corrected chi connectivity index (χ1v) is 6.09. The summed E-state index contributed by atoms with van der Waals surface area (Å²) in [5.41, 5.74) is 0. The summed E-state index contributed by atoms with van der Waals surface area (Å²) in [5, 5.41) is 0. The lowest BCUT2D eigenvalue weighted by Gasteiger charge is -2.12. The number of imidazole rings is 1. The Labute approximate surface area is 77.7 Å². The Morgan fingerprint density at radius 2 is 1.93 bits per heavy atom. The molecular formula is C3H6N2O7P2. The van der Waals surface area contributed by atoms with Crippen LogP contribution in [-0.4, -0.2) is 24.4 Å². The highest BCUT2D eigenvalue weighted by molar-refractivity contribution is 7.60. The van der Waals surface area contributed by atoms with Crippen molar-refractivity contribution in [2.24, 2.45) is 0 Å². The first kappa shape index (κ1) is 11.4. The molecule has 0 fully saturated rings. The first-order chi connectivity index (χ1) is 6.29. The molecule has 9 nitrogen and oxygen atoms in total. The van der Waals surface area contributed by atoms with Crippen molar-refractivity contribution in [1.29, 1.82) is 0 Å². The Kier molecular flexibility index (Phi) is 3.10. The van der Waals surface area contributed by atoms with Gasteiger partial charge in [-0.3, -0.25) is 4.89 Å². The smallest absolute Gasteiger partial charge is 0.310 e. The largest absolute Gasteiger partial charge is 0.555 e. The molecule has 0 amide bonds. The Morgan fingerprint density at radius 3 is 2.36 bits per heavy atom. The van der Waals surface area contributed by atoms with E-state index in [1.165, 1.54) is 6.20 Å². The monoisotopic (exact) mass is 244 g/mol. The Bertz CT molecular complexity index is 382. The van der Waals surface area contributed by atoms with Gasteiger partial charge in [0.1, 0.15) is 6.33 Å². The predicted octanol–water partition coefficient (Wildman–Crippen LogP) is -0.479. The van der Waals surface area contributed by atoms with Gasteiger partial charge in [-0.1, -0.05) is 0 Å². The van der Waals surface area contributed by atoms with Crippen LogP contribution in [0, 0.1) is 0 Å². The van der Waals surface area contributed by atoms with Gasteiger partial charge in [0.25, 0.3) is 0 Å². The molecule has 3 N–H and O–H groups in total. The zero-order valence-electron chi connectivity index (χ0n) is 6.50. The van der Waals surface area contributed by atoms with Crippen molar-refractivity contribution in [3.63, 3.8) is 0 Å². The van der Waals surface area contributed by atoms with E-state index in [1.807, 2.05) is 0 Å². The molecular weight excluding hydrogens is 238 g/mol. The van der Waals surface area contributed by atoms with E-state index in [-0.39, 0.29) is 0 Å². The summed E-state index contributed by atoms with van der Waals surface area (Å²) in [6.07, 6.45) is 3.38. The molecule has 1 unspecified atom stereocenters. The van der Waals surface area contributed by atoms with Gasteiger partial charge in [0.2, 0.25) is 0 Å². The predicted molar refractivity (Wildman–Crippen MR) is 41.8 cm³/mol. The number of aromatic nitrogens is 2. The average molecular weight is 244 g/mol. The number of phosphoric acid groups is 2. The molecule has 0 saturated heterocycles. The number of hydrogen-bond donors (Lipinski definition) is 3. The lowest BCUT2D eigenvalue weighted by molar-refractivity contribution is 0.164. The van der Waals surface area contributed by atoms with Crippen molar-refractivity contribution >= 4 is 15.6 Å². The topological polar surface area (TPSA) is 131 Å². The fourth-order valence-corrected chi connectivity index (χ4v) is 2.09. The van der Waals surface area contributed by atoms with Gasteiger partial charge in [0.05, 0.1) is 6.20 Å². The van der Waals surface area contributed by atoms with Gasteiger partial charge in [-0.15, -0.1) is 0 Å². The lowest BCUT2D eigenvalue weighted by Crippen LogP contribution is -2.07. The number of hydrogen-bond acceptors (Lipinski definition) is 5. The molecule has 1 aromatic rings. The molecule has 0 radical (unpaired) electrons. The normalized spacial score (nSPS) is 16.2. The van der Waals surface area contributed by atoms with Crippen molar-refractivity contribution in [2.45, 2.75) is 0 Å². The van der Waals surface area contributed by atoms with Crippen LogP contribution in [0.15, 0.2) is 18.7 Å². The summed E-state index contributed by atoms with van der Waals surface area (Å²) in [7, 11) is -9.92. The average Bonchev–Trinajstić information content (AvgIpc) is 2.31. The maximum atomic E-state index is 10.9. The van der Waals surface area contributed by atoms with Gasteiger partial charge in [0.15, 0.2) is 0 Å². The van der Waals surface area contributed by atoms with Crippen LogP contribution in [0.2, 0.25) is 0 Å². The van der Waals surface area contributed by atoms with E-state index in [0.29, 0.717) is 4.73 Å². The van der Waals surface area contributed by atoms with Crippen LogP contribution in [0.3, 0.4) is 0 Å². The molecule has 11 heteroatoms. The molecule has 1 aromatic heterocycles. The quantitative estimate of drug-likeness (QED) is 0.605. The van der Waals surface area contributed by atoms with Crippen molar-refractivity contribution in [3.8, 4) is 0 Å². The third-order valence-electron chi connectivity index (χ3n) is 0.887. The molecule has 1 rings (SSSR count). The molecule has 1 atom stereocenters. The van der Waals surface area contributed by atoms with Crippen molar-refractivity contribution in [2.75, 3.05) is 0 Å². The fourth-order valence-electron chi connectivity index (χ4n) is 0.564. The van der Waals surface area contributed by atoms with Gasteiger partial charge in [-0.2, -0.15) is 9.04 Å². The minimum atomic E-state index is -5.08. The van der Waals surface area contributed by atoms with Gasteiger partial charge in [0, 0.05) is 6.20 Å². The Hall–Kier alpha value is -0.690. The van der Waals surface area contributed by atoms with E-state index in [0.717, 1.165) is 12.5 Å². The summed E-state index contributed by atoms with van der Waals surface area (Å²) in [5.74, 6) is 0. The van der Waals surface area contributed by atoms with Crippen LogP contribution < -0.4 is 4.62 Å². The maximum absolute atomic E-state index is 10.9. The van der Waals surface area contributed by atoms with Gasteiger partial charge >= 0.3 is 15.6 Å². The van der Waals surface area contributed by atoms with Crippen molar-refractivity contribution in [1.82, 2.24) is 9.71 Å². The highest BCUT2D eigenvalue weighted by Crippen LogP contribution is 2.55. The van der Waals surface area contributed by atoms with E-state index in [4.69, 9.17) is 14.7 Å². The molecule has 14 heavy (non-hydrogen) atoms. The van der Waals surface area contributed by atoms with Crippen LogP contribution in [-0.2, 0) is 13.4 Å². The standard InChI is InChI=1S/C3H6N2O7P2/c6-13(7,8)12-14(9,10)11-5-2-1-4-3-5/h1-3H,(H,9,10)(H2,6,7,8). The first-order valence-electron chi connectivity index (χ1n) is 3.06. The molecule has 1 heterocycles. The molecule has 0 saturated carbocycles. The van der Waals surface area contributed by atoms with Gasteiger partial charge in [-0.25, -0.2) is 14.1 Å². The molecule has 0 bridgehead atoms. The zero-order chi connectivity index (χ0) is 10.8. The molecule has 0 aliphatic carbocycles. The highest BCUT2D eigenvalue weighted by atomic mass is 31.3. The summed E-state index contributed by atoms with van der Waals surface area (Å²) >= 11 is 0. The minimum Gasteiger partial charge on any atom is -0.310 e. The molecule has 0 aromatic carbocycles. The van der Waals surface area contributed by atoms with E-state index in [1.54, 1.807) is 0 Å². The van der Waals surface area contributed by atoms with Crippen LogP contribution in [0.1, 0.15) is 0 Å². The Morgan fingerprint density at radius 1 is 1.29 bits per heavy atom. The second-order valence-electron chi connectivity index (χ2n) is 2.05. The second kappa shape index (κ2) is 3.82. The van der Waals surface area contributed by atoms with Crippen LogP contribution in [0.5, 0.6) is 0 Å². The van der Waals surface area contributed by atoms with Gasteiger partial charge in [-0.05, 0) is 0 Å². The highest BCUT2D eigenvalue weighted by Gasteiger charge is 2.34. The van der Waals surface area contributed by atoms with E-state index < -0.39 is 15.6 Å².